The Hall–Kier alpha value is -0.940. The molecule has 0 spiro atoms. The zero-order valence-electron chi connectivity index (χ0n) is 20.3. The third kappa shape index (κ3) is 13.3. The fourth-order valence-corrected chi connectivity index (χ4v) is 4.90. The Kier molecular flexibility index (Phi) is 16.9. The first-order valence-corrected chi connectivity index (χ1v) is 14.6. The van der Waals surface area contributed by atoms with Crippen molar-refractivity contribution in [3.05, 3.63) is 23.9 Å². The molecule has 0 fully saturated rings. The van der Waals surface area contributed by atoms with Gasteiger partial charge in [0.05, 0.1) is 5.69 Å². The number of allylic oxidation sites excluding steroid dienone is 2. The van der Waals surface area contributed by atoms with Gasteiger partial charge in [-0.2, -0.15) is 0 Å². The topological polar surface area (TPSA) is 42.0 Å². The van der Waals surface area contributed by atoms with Crippen molar-refractivity contribution in [2.24, 2.45) is 0 Å². The molecule has 0 radical (unpaired) electrons. The van der Waals surface area contributed by atoms with Gasteiger partial charge < -0.3 is 5.32 Å². The molecular weight excluding hydrogens is 420 g/mol. The van der Waals surface area contributed by atoms with Gasteiger partial charge in [0.15, 0.2) is 0 Å². The second-order valence-electron chi connectivity index (χ2n) is 8.23. The van der Waals surface area contributed by atoms with Crippen molar-refractivity contribution in [2.75, 3.05) is 17.8 Å². The number of nitrogens with zero attached hydrogens (tertiary/aromatic N) is 1. The predicted octanol–water partition coefficient (Wildman–Crippen LogP) is 8.81. The van der Waals surface area contributed by atoms with Gasteiger partial charge in [-0.15, -0.1) is 23.5 Å². The molecule has 0 aliphatic rings. The molecule has 0 aliphatic carbocycles. The molecule has 0 atom stereocenters. The normalized spacial score (nSPS) is 11.4. The Morgan fingerprint density at radius 2 is 1.48 bits per heavy atom. The summed E-state index contributed by atoms with van der Waals surface area (Å²) in [4.78, 5) is 18.1. The summed E-state index contributed by atoms with van der Waals surface area (Å²) in [7, 11) is 0. The van der Waals surface area contributed by atoms with Gasteiger partial charge in [0.25, 0.3) is 0 Å². The largest absolute Gasteiger partial charge is 0.323 e. The molecule has 1 N–H and O–H groups in total. The molecule has 176 valence electrons. The number of aryl methyl sites for hydroxylation is 1. The van der Waals surface area contributed by atoms with Gasteiger partial charge in [0.1, 0.15) is 5.03 Å². The lowest BCUT2D eigenvalue weighted by atomic mass is 10.1. The summed E-state index contributed by atoms with van der Waals surface area (Å²) in [6, 6.07) is 2.04. The second kappa shape index (κ2) is 18.6. The average Bonchev–Trinajstić information content (AvgIpc) is 2.77. The Labute approximate surface area is 200 Å². The van der Waals surface area contributed by atoms with E-state index in [1.165, 1.54) is 70.6 Å². The molecule has 0 saturated heterocycles. The van der Waals surface area contributed by atoms with E-state index in [2.05, 4.69) is 29.4 Å². The quantitative estimate of drug-likeness (QED) is 0.134. The highest BCUT2D eigenvalue weighted by Crippen LogP contribution is 2.33. The standard InChI is InChI=1S/C26H44N2OS2/c1-5-6-7-8-9-10-11-12-13-14-15-16-17-18-19-20-24(29)28-25-23(30-3)21-22(2)27-26(25)31-4/h12-13,21H,5-11,14-20H2,1-4H3,(H,28,29). The zero-order chi connectivity index (χ0) is 22.7. The summed E-state index contributed by atoms with van der Waals surface area (Å²) < 4.78 is 0. The van der Waals surface area contributed by atoms with Crippen LogP contribution in [0.4, 0.5) is 5.69 Å². The van der Waals surface area contributed by atoms with Crippen LogP contribution in [0.15, 0.2) is 28.1 Å². The summed E-state index contributed by atoms with van der Waals surface area (Å²) in [5.41, 5.74) is 1.87. The summed E-state index contributed by atoms with van der Waals surface area (Å²) in [5, 5.41) is 4.01. The third-order valence-electron chi connectivity index (χ3n) is 5.42. The minimum Gasteiger partial charge on any atom is -0.323 e. The van der Waals surface area contributed by atoms with Crippen molar-refractivity contribution < 1.29 is 4.79 Å². The molecule has 0 aliphatic heterocycles. The van der Waals surface area contributed by atoms with Gasteiger partial charge in [-0.1, -0.05) is 70.4 Å². The van der Waals surface area contributed by atoms with Crippen molar-refractivity contribution in [1.82, 2.24) is 4.98 Å². The monoisotopic (exact) mass is 464 g/mol. The zero-order valence-corrected chi connectivity index (χ0v) is 21.9. The number of hydrogen-bond donors (Lipinski definition) is 1. The number of rotatable bonds is 18. The van der Waals surface area contributed by atoms with E-state index in [1.54, 1.807) is 23.5 Å². The maximum atomic E-state index is 12.4. The highest BCUT2D eigenvalue weighted by atomic mass is 32.2. The maximum absolute atomic E-state index is 12.4. The molecule has 31 heavy (non-hydrogen) atoms. The first-order chi connectivity index (χ1) is 15.1. The second-order valence-corrected chi connectivity index (χ2v) is 9.88. The van der Waals surface area contributed by atoms with Crippen LogP contribution in [0.1, 0.15) is 103 Å². The maximum Gasteiger partial charge on any atom is 0.224 e. The molecular formula is C26H44N2OS2. The summed E-state index contributed by atoms with van der Waals surface area (Å²) in [5.74, 6) is 0.105. The fraction of sp³-hybridized carbons (Fsp3) is 0.692. The van der Waals surface area contributed by atoms with E-state index < -0.39 is 0 Å². The Morgan fingerprint density at radius 3 is 2.06 bits per heavy atom. The van der Waals surface area contributed by atoms with Gasteiger partial charge in [-0.05, 0) is 57.6 Å². The van der Waals surface area contributed by atoms with Crippen molar-refractivity contribution in [3.63, 3.8) is 0 Å². The van der Waals surface area contributed by atoms with Gasteiger partial charge in [-0.25, -0.2) is 4.98 Å². The number of anilines is 1. The SMILES string of the molecule is CCCCCCCCC=CCCCCCCCC(=O)Nc1c(SC)cc(C)nc1SC. The van der Waals surface area contributed by atoms with E-state index in [4.69, 9.17) is 0 Å². The molecule has 1 heterocycles. The molecule has 5 heteroatoms. The van der Waals surface area contributed by atoms with E-state index in [1.807, 2.05) is 25.5 Å². The Balaban J connectivity index is 2.08. The van der Waals surface area contributed by atoms with Crippen LogP contribution in [0.2, 0.25) is 0 Å². The summed E-state index contributed by atoms with van der Waals surface area (Å²) >= 11 is 3.24. The molecule has 0 bridgehead atoms. The van der Waals surface area contributed by atoms with Crippen LogP contribution < -0.4 is 5.32 Å². The van der Waals surface area contributed by atoms with Gasteiger partial charge >= 0.3 is 0 Å². The molecule has 1 amide bonds. The van der Waals surface area contributed by atoms with Crippen molar-refractivity contribution in [2.45, 2.75) is 114 Å². The number of amides is 1. The van der Waals surface area contributed by atoms with Gasteiger partial charge in [0.2, 0.25) is 5.91 Å². The van der Waals surface area contributed by atoms with Crippen LogP contribution >= 0.6 is 23.5 Å². The number of hydrogen-bond acceptors (Lipinski definition) is 4. The fourth-order valence-electron chi connectivity index (χ4n) is 3.60. The number of thioether (sulfide) groups is 2. The van der Waals surface area contributed by atoms with Crippen LogP contribution in [-0.4, -0.2) is 23.4 Å². The smallest absolute Gasteiger partial charge is 0.224 e. The van der Waals surface area contributed by atoms with Crippen LogP contribution in [0.3, 0.4) is 0 Å². The van der Waals surface area contributed by atoms with E-state index >= 15 is 0 Å². The van der Waals surface area contributed by atoms with Crippen molar-refractivity contribution in [1.29, 1.82) is 0 Å². The minimum absolute atomic E-state index is 0.105. The highest BCUT2D eigenvalue weighted by Gasteiger charge is 2.13. The number of pyridine rings is 1. The number of unbranched alkanes of at least 4 members (excludes halogenated alkanes) is 11. The Morgan fingerprint density at radius 1 is 0.903 bits per heavy atom. The highest BCUT2D eigenvalue weighted by molar-refractivity contribution is 7.99. The summed E-state index contributed by atoms with van der Waals surface area (Å²) in [6.07, 6.45) is 25.9. The molecule has 3 nitrogen and oxygen atoms in total. The van der Waals surface area contributed by atoms with Crippen LogP contribution in [-0.2, 0) is 4.79 Å². The van der Waals surface area contributed by atoms with E-state index in [-0.39, 0.29) is 5.91 Å². The van der Waals surface area contributed by atoms with Crippen LogP contribution in [0.25, 0.3) is 0 Å². The molecule has 1 rings (SSSR count). The molecule has 1 aromatic rings. The minimum atomic E-state index is 0.105. The molecule has 0 unspecified atom stereocenters. The lowest BCUT2D eigenvalue weighted by molar-refractivity contribution is -0.116. The van der Waals surface area contributed by atoms with Gasteiger partial charge in [0, 0.05) is 17.0 Å². The van der Waals surface area contributed by atoms with Gasteiger partial charge in [-0.3, -0.25) is 4.79 Å². The first-order valence-electron chi connectivity index (χ1n) is 12.2. The lowest BCUT2D eigenvalue weighted by Crippen LogP contribution is -2.13. The number of carbonyl (C=O) groups is 1. The van der Waals surface area contributed by atoms with Crippen LogP contribution in [0, 0.1) is 6.92 Å². The first kappa shape index (κ1) is 28.1. The molecule has 1 aromatic heterocycles. The molecule has 0 saturated carbocycles. The van der Waals surface area contributed by atoms with E-state index in [9.17, 15) is 4.79 Å². The summed E-state index contributed by atoms with van der Waals surface area (Å²) in [6.45, 7) is 4.27. The number of carbonyl (C=O) groups excluding carboxylic acids is 1. The van der Waals surface area contributed by atoms with Crippen molar-refractivity contribution >= 4 is 35.1 Å². The van der Waals surface area contributed by atoms with E-state index in [0.29, 0.717) is 6.42 Å². The van der Waals surface area contributed by atoms with Crippen molar-refractivity contribution in [3.8, 4) is 0 Å². The van der Waals surface area contributed by atoms with Crippen LogP contribution in [0.5, 0.6) is 0 Å². The average molecular weight is 465 g/mol. The lowest BCUT2D eigenvalue weighted by Gasteiger charge is -2.14. The third-order valence-corrected chi connectivity index (χ3v) is 6.87. The predicted molar refractivity (Wildman–Crippen MR) is 141 cm³/mol. The molecule has 0 aromatic carbocycles. The Bertz CT molecular complexity index is 621. The number of aromatic nitrogens is 1. The number of nitrogens with one attached hydrogen (secondary N) is 1. The van der Waals surface area contributed by atoms with E-state index in [0.717, 1.165) is 34.1 Å².